The van der Waals surface area contributed by atoms with Gasteiger partial charge in [0.05, 0.1) is 28.0 Å². The highest BCUT2D eigenvalue weighted by Crippen LogP contribution is 2.35. The predicted molar refractivity (Wildman–Crippen MR) is 119 cm³/mol. The maximum atomic E-state index is 13.0. The molecule has 10 heteroatoms. The fourth-order valence-corrected chi connectivity index (χ4v) is 4.76. The van der Waals surface area contributed by atoms with Gasteiger partial charge in [-0.1, -0.05) is 12.8 Å². The lowest BCUT2D eigenvalue weighted by Crippen LogP contribution is -2.47. The molecule has 0 bridgehead atoms. The van der Waals surface area contributed by atoms with Crippen molar-refractivity contribution in [1.82, 2.24) is 10.3 Å². The van der Waals surface area contributed by atoms with Gasteiger partial charge in [-0.05, 0) is 51.8 Å². The molecule has 0 radical (unpaired) electrons. The molecule has 1 fully saturated rings. The van der Waals surface area contributed by atoms with Crippen LogP contribution >= 0.6 is 11.3 Å². The number of rotatable bonds is 8. The molecule has 2 atom stereocenters. The summed E-state index contributed by atoms with van der Waals surface area (Å²) >= 11 is 1.31. The molecule has 1 unspecified atom stereocenters. The van der Waals surface area contributed by atoms with E-state index in [1.54, 1.807) is 26.0 Å². The van der Waals surface area contributed by atoms with E-state index in [0.717, 1.165) is 42.8 Å². The Morgan fingerprint density at radius 1 is 1.28 bits per heavy atom. The van der Waals surface area contributed by atoms with Crippen LogP contribution in [0.15, 0.2) is 24.4 Å². The standard InChI is InChI=1S/C22H27F3N4O2S/c1-13-18(10-16(11-26-13)22(23,24)25)27-14(2)19-8-9-20(32-19)29(12-30)15(3)21(31)28-17-6-4-5-7-17/h8-12,14-15,17,27H,4-7H2,1-3H3,(H,28,31)/t14-,15?/m0/s1. The third-order valence-corrected chi connectivity index (χ3v) is 6.97. The first kappa shape index (κ1) is 24.0. The van der Waals surface area contributed by atoms with E-state index >= 15 is 0 Å². The normalized spacial score (nSPS) is 16.4. The number of carbonyl (C=O) groups is 2. The zero-order valence-corrected chi connectivity index (χ0v) is 19.0. The number of nitrogens with zero attached hydrogens (tertiary/aromatic N) is 2. The third-order valence-electron chi connectivity index (χ3n) is 5.69. The number of hydrogen-bond donors (Lipinski definition) is 2. The topological polar surface area (TPSA) is 74.3 Å². The van der Waals surface area contributed by atoms with Gasteiger partial charge in [-0.25, -0.2) is 0 Å². The lowest BCUT2D eigenvalue weighted by Gasteiger charge is -2.24. The van der Waals surface area contributed by atoms with Crippen LogP contribution in [0.3, 0.4) is 0 Å². The molecule has 2 aromatic heterocycles. The van der Waals surface area contributed by atoms with Crippen LogP contribution in [0, 0.1) is 6.92 Å². The lowest BCUT2D eigenvalue weighted by molar-refractivity contribution is -0.137. The summed E-state index contributed by atoms with van der Waals surface area (Å²) < 4.78 is 39.1. The molecule has 0 spiro atoms. The van der Waals surface area contributed by atoms with Crippen LogP contribution in [-0.2, 0) is 15.8 Å². The molecule has 2 amide bonds. The van der Waals surface area contributed by atoms with Crippen LogP contribution in [0.5, 0.6) is 0 Å². The molecule has 2 N–H and O–H groups in total. The van der Waals surface area contributed by atoms with Crippen LogP contribution in [0.4, 0.5) is 23.9 Å². The average molecular weight is 469 g/mol. The smallest absolute Gasteiger partial charge is 0.376 e. The lowest BCUT2D eigenvalue weighted by atomic mass is 10.2. The number of halogens is 3. The van der Waals surface area contributed by atoms with Crippen molar-refractivity contribution in [3.05, 3.63) is 40.5 Å². The highest BCUT2D eigenvalue weighted by atomic mass is 32.1. The summed E-state index contributed by atoms with van der Waals surface area (Å²) in [4.78, 5) is 30.4. The van der Waals surface area contributed by atoms with Crippen molar-refractivity contribution < 1.29 is 22.8 Å². The zero-order chi connectivity index (χ0) is 23.5. The van der Waals surface area contributed by atoms with E-state index in [1.165, 1.54) is 16.2 Å². The number of amides is 2. The molecule has 174 valence electrons. The van der Waals surface area contributed by atoms with Crippen molar-refractivity contribution in [2.75, 3.05) is 10.2 Å². The predicted octanol–water partition coefficient (Wildman–Crippen LogP) is 5.05. The Hall–Kier alpha value is -2.62. The van der Waals surface area contributed by atoms with Crippen LogP contribution in [0.2, 0.25) is 0 Å². The molecule has 2 heterocycles. The van der Waals surface area contributed by atoms with Crippen molar-refractivity contribution in [2.24, 2.45) is 0 Å². The SMILES string of the molecule is Cc1ncc(C(F)(F)F)cc1N[C@@H](C)c1ccc(N(C=O)C(C)C(=O)NC2CCCC2)s1. The minimum Gasteiger partial charge on any atom is -0.376 e. The maximum absolute atomic E-state index is 13.0. The van der Waals surface area contributed by atoms with Gasteiger partial charge in [-0.15, -0.1) is 11.3 Å². The number of nitrogens with one attached hydrogen (secondary N) is 2. The highest BCUT2D eigenvalue weighted by Gasteiger charge is 2.32. The summed E-state index contributed by atoms with van der Waals surface area (Å²) in [6.07, 6.45) is 1.07. The quantitative estimate of drug-likeness (QED) is 0.532. The van der Waals surface area contributed by atoms with Crippen molar-refractivity contribution >= 4 is 34.3 Å². The fraction of sp³-hybridized carbons (Fsp3) is 0.500. The molecular weight excluding hydrogens is 441 g/mol. The molecule has 0 saturated heterocycles. The molecule has 0 aliphatic heterocycles. The number of anilines is 2. The van der Waals surface area contributed by atoms with E-state index in [4.69, 9.17) is 0 Å². The van der Waals surface area contributed by atoms with Gasteiger partial charge in [0.25, 0.3) is 0 Å². The number of hydrogen-bond acceptors (Lipinski definition) is 5. The fourth-order valence-electron chi connectivity index (χ4n) is 3.70. The number of aromatic nitrogens is 1. The van der Waals surface area contributed by atoms with E-state index in [1.807, 2.05) is 6.92 Å². The molecule has 6 nitrogen and oxygen atoms in total. The van der Waals surface area contributed by atoms with Crippen LogP contribution in [0.25, 0.3) is 0 Å². The van der Waals surface area contributed by atoms with Crippen molar-refractivity contribution in [3.63, 3.8) is 0 Å². The van der Waals surface area contributed by atoms with Gasteiger partial charge in [-0.2, -0.15) is 13.2 Å². The maximum Gasteiger partial charge on any atom is 0.417 e. The monoisotopic (exact) mass is 468 g/mol. The molecule has 0 aromatic carbocycles. The van der Waals surface area contributed by atoms with Crippen molar-refractivity contribution in [2.45, 2.75) is 70.8 Å². The minimum atomic E-state index is -4.48. The second kappa shape index (κ2) is 9.89. The van der Waals surface area contributed by atoms with Crippen molar-refractivity contribution in [1.29, 1.82) is 0 Å². The first-order valence-corrected chi connectivity index (χ1v) is 11.4. The van der Waals surface area contributed by atoms with Crippen LogP contribution in [-0.4, -0.2) is 29.4 Å². The van der Waals surface area contributed by atoms with E-state index in [-0.39, 0.29) is 18.0 Å². The number of alkyl halides is 3. The molecular formula is C22H27F3N4O2S. The van der Waals surface area contributed by atoms with Gasteiger partial charge >= 0.3 is 6.18 Å². The number of carbonyl (C=O) groups excluding carboxylic acids is 2. The van der Waals surface area contributed by atoms with Gasteiger partial charge in [-0.3, -0.25) is 19.5 Å². The zero-order valence-electron chi connectivity index (χ0n) is 18.2. The highest BCUT2D eigenvalue weighted by molar-refractivity contribution is 7.16. The molecule has 2 aromatic rings. The van der Waals surface area contributed by atoms with E-state index in [2.05, 4.69) is 15.6 Å². The molecule has 3 rings (SSSR count). The Morgan fingerprint density at radius 3 is 2.59 bits per heavy atom. The number of pyridine rings is 1. The van der Waals surface area contributed by atoms with E-state index < -0.39 is 17.8 Å². The number of thiophene rings is 1. The largest absolute Gasteiger partial charge is 0.417 e. The number of aryl methyl sites for hydroxylation is 1. The summed E-state index contributed by atoms with van der Waals surface area (Å²) in [7, 11) is 0. The van der Waals surface area contributed by atoms with Gasteiger partial charge in [0.1, 0.15) is 6.04 Å². The first-order valence-electron chi connectivity index (χ1n) is 10.5. The van der Waals surface area contributed by atoms with Gasteiger partial charge in [0.15, 0.2) is 0 Å². The molecule has 1 aliphatic carbocycles. The first-order chi connectivity index (χ1) is 15.1. The Balaban J connectivity index is 1.71. The second-order valence-electron chi connectivity index (χ2n) is 8.08. The van der Waals surface area contributed by atoms with E-state index in [9.17, 15) is 22.8 Å². The summed E-state index contributed by atoms with van der Waals surface area (Å²) in [5.41, 5.74) is -0.0777. The minimum absolute atomic E-state index is 0.158. The molecule has 1 saturated carbocycles. The van der Waals surface area contributed by atoms with Crippen LogP contribution in [0.1, 0.15) is 61.7 Å². The summed E-state index contributed by atoms with van der Waals surface area (Å²) in [6, 6.07) is 3.74. The molecule has 1 aliphatic rings. The van der Waals surface area contributed by atoms with Crippen molar-refractivity contribution in [3.8, 4) is 0 Å². The summed E-state index contributed by atoms with van der Waals surface area (Å²) in [6.45, 7) is 5.13. The Morgan fingerprint density at radius 2 is 1.97 bits per heavy atom. The van der Waals surface area contributed by atoms with Crippen LogP contribution < -0.4 is 15.5 Å². The van der Waals surface area contributed by atoms with Gasteiger partial charge in [0, 0.05) is 17.1 Å². The summed E-state index contributed by atoms with van der Waals surface area (Å²) in [5.74, 6) is -0.198. The van der Waals surface area contributed by atoms with Gasteiger partial charge in [0.2, 0.25) is 12.3 Å². The Labute approximate surface area is 189 Å². The summed E-state index contributed by atoms with van der Waals surface area (Å²) in [5, 5.41) is 6.67. The third kappa shape index (κ3) is 5.59. The molecule has 32 heavy (non-hydrogen) atoms. The average Bonchev–Trinajstić information content (AvgIpc) is 3.41. The Bertz CT molecular complexity index is 957. The van der Waals surface area contributed by atoms with Gasteiger partial charge < -0.3 is 10.6 Å². The Kier molecular flexibility index (Phi) is 7.43. The van der Waals surface area contributed by atoms with E-state index in [0.29, 0.717) is 22.8 Å². The second-order valence-corrected chi connectivity index (χ2v) is 9.17.